The fourth-order valence-electron chi connectivity index (χ4n) is 5.12. The predicted octanol–water partition coefficient (Wildman–Crippen LogP) is 5.35. The molecule has 2 aliphatic heterocycles. The van der Waals surface area contributed by atoms with E-state index >= 15 is 0 Å². The van der Waals surface area contributed by atoms with Gasteiger partial charge in [-0.1, -0.05) is 45.1 Å². The summed E-state index contributed by atoms with van der Waals surface area (Å²) in [5.74, 6) is -2.72. The molecule has 1 fully saturated rings. The smallest absolute Gasteiger partial charge is 0.338 e. The monoisotopic (exact) mass is 683 g/mol. The largest absolute Gasteiger partial charge is 0.462 e. The Balaban J connectivity index is 1.30. The maximum atomic E-state index is 13.8. The van der Waals surface area contributed by atoms with Crippen LogP contribution < -0.4 is 15.1 Å². The van der Waals surface area contributed by atoms with Gasteiger partial charge < -0.3 is 10.1 Å². The van der Waals surface area contributed by atoms with Crippen molar-refractivity contribution in [2.75, 3.05) is 16.8 Å². The number of nitrogens with zero attached hydrogens (tertiary/aromatic N) is 2. The summed E-state index contributed by atoms with van der Waals surface area (Å²) in [5, 5.41) is 4.44. The Morgan fingerprint density at radius 3 is 2.40 bits per heavy atom. The van der Waals surface area contributed by atoms with Crippen molar-refractivity contribution in [3.05, 3.63) is 95.5 Å². The third kappa shape index (κ3) is 5.14. The average Bonchev–Trinajstić information content (AvgIpc) is 3.67. The van der Waals surface area contributed by atoms with E-state index in [-0.39, 0.29) is 29.8 Å². The molecule has 0 saturated carbocycles. The molecule has 4 heterocycles. The molecule has 2 aromatic carbocycles. The Morgan fingerprint density at radius 1 is 1.00 bits per heavy atom. The molecular weight excluding hydrogens is 662 g/mol. The molecule has 13 heteroatoms. The number of carbonyl (C=O) groups excluding carboxylic acids is 4. The van der Waals surface area contributed by atoms with Crippen molar-refractivity contribution >= 4 is 85.4 Å². The van der Waals surface area contributed by atoms with Crippen molar-refractivity contribution in [3.63, 3.8) is 0 Å². The lowest BCUT2D eigenvalue weighted by Crippen LogP contribution is -2.32. The number of thiazole rings is 1. The number of benzene rings is 2. The SMILES string of the molecule is CCOC(=O)c1ccc(NC(=O)Cn2c3c(sc2=O)[C@@H](c2cccs2)[C@H]2C(=O)N(c4ccc(Br)cc4)C(=O)[C@H]2S3)cc1. The van der Waals surface area contributed by atoms with E-state index in [0.29, 0.717) is 26.8 Å². The van der Waals surface area contributed by atoms with Gasteiger partial charge in [0.05, 0.1) is 28.8 Å². The number of aromatic nitrogens is 1. The molecule has 214 valence electrons. The van der Waals surface area contributed by atoms with E-state index in [2.05, 4.69) is 21.2 Å². The number of hydrogen-bond acceptors (Lipinski definition) is 9. The van der Waals surface area contributed by atoms with E-state index in [1.54, 1.807) is 55.5 Å². The highest BCUT2D eigenvalue weighted by Crippen LogP contribution is 2.54. The summed E-state index contributed by atoms with van der Waals surface area (Å²) in [6, 6.07) is 17.1. The zero-order valence-electron chi connectivity index (χ0n) is 21.9. The molecule has 1 N–H and O–H groups in total. The number of thiophene rings is 1. The number of nitrogens with one attached hydrogen (secondary N) is 1. The Labute approximate surface area is 260 Å². The lowest BCUT2D eigenvalue weighted by atomic mass is 9.87. The van der Waals surface area contributed by atoms with Crippen LogP contribution in [0.3, 0.4) is 0 Å². The Hall–Kier alpha value is -3.52. The van der Waals surface area contributed by atoms with Crippen molar-refractivity contribution in [2.24, 2.45) is 5.92 Å². The van der Waals surface area contributed by atoms with Gasteiger partial charge in [-0.3, -0.25) is 23.7 Å². The first-order valence-corrected chi connectivity index (χ1v) is 16.3. The van der Waals surface area contributed by atoms with Crippen LogP contribution in [0.4, 0.5) is 11.4 Å². The van der Waals surface area contributed by atoms with Gasteiger partial charge in [0.1, 0.15) is 11.8 Å². The molecule has 3 amide bonds. The van der Waals surface area contributed by atoms with Gasteiger partial charge in [0.25, 0.3) is 0 Å². The third-order valence-electron chi connectivity index (χ3n) is 6.97. The van der Waals surface area contributed by atoms with E-state index in [4.69, 9.17) is 4.74 Å². The fraction of sp³-hybridized carbons (Fsp3) is 0.207. The zero-order chi connectivity index (χ0) is 29.5. The van der Waals surface area contributed by atoms with Crippen LogP contribution in [-0.2, 0) is 25.7 Å². The van der Waals surface area contributed by atoms with Gasteiger partial charge in [-0.05, 0) is 66.9 Å². The minimum absolute atomic E-state index is 0.256. The van der Waals surface area contributed by atoms with E-state index in [9.17, 15) is 24.0 Å². The number of imide groups is 1. The van der Waals surface area contributed by atoms with Gasteiger partial charge in [-0.25, -0.2) is 9.69 Å². The van der Waals surface area contributed by atoms with Crippen LogP contribution in [-0.4, -0.2) is 40.1 Å². The molecule has 2 aliphatic rings. The minimum Gasteiger partial charge on any atom is -0.462 e. The molecule has 0 aliphatic carbocycles. The first-order valence-electron chi connectivity index (χ1n) is 12.9. The summed E-state index contributed by atoms with van der Waals surface area (Å²) in [7, 11) is 0. The number of carbonyl (C=O) groups is 4. The van der Waals surface area contributed by atoms with Crippen LogP contribution in [0.2, 0.25) is 0 Å². The lowest BCUT2D eigenvalue weighted by Gasteiger charge is -2.29. The molecule has 42 heavy (non-hydrogen) atoms. The van der Waals surface area contributed by atoms with Crippen molar-refractivity contribution < 1.29 is 23.9 Å². The van der Waals surface area contributed by atoms with E-state index in [1.165, 1.54) is 32.6 Å². The van der Waals surface area contributed by atoms with Crippen LogP contribution in [0.15, 0.2) is 80.3 Å². The van der Waals surface area contributed by atoms with Crippen LogP contribution in [0.1, 0.15) is 33.0 Å². The Bertz CT molecular complexity index is 1750. The highest BCUT2D eigenvalue weighted by atomic mass is 79.9. The van der Waals surface area contributed by atoms with E-state index in [0.717, 1.165) is 20.7 Å². The number of hydrogen-bond donors (Lipinski definition) is 1. The van der Waals surface area contributed by atoms with Gasteiger partial charge >= 0.3 is 10.8 Å². The molecule has 2 aromatic heterocycles. The summed E-state index contributed by atoms with van der Waals surface area (Å²) in [6.07, 6.45) is 0. The second-order valence-electron chi connectivity index (χ2n) is 9.52. The molecule has 4 aromatic rings. The van der Waals surface area contributed by atoms with Gasteiger partial charge in [-0.15, -0.1) is 11.3 Å². The van der Waals surface area contributed by atoms with Crippen LogP contribution in [0.5, 0.6) is 0 Å². The molecule has 9 nitrogen and oxygen atoms in total. The van der Waals surface area contributed by atoms with Gasteiger partial charge in [0.15, 0.2) is 0 Å². The van der Waals surface area contributed by atoms with Crippen molar-refractivity contribution in [2.45, 2.75) is 29.7 Å². The van der Waals surface area contributed by atoms with Crippen LogP contribution in [0, 0.1) is 5.92 Å². The summed E-state index contributed by atoms with van der Waals surface area (Å²) in [5.41, 5.74) is 1.30. The summed E-state index contributed by atoms with van der Waals surface area (Å²) >= 11 is 7.04. The number of ether oxygens (including phenoxy) is 1. The van der Waals surface area contributed by atoms with Crippen molar-refractivity contribution in [1.29, 1.82) is 0 Å². The predicted molar refractivity (Wildman–Crippen MR) is 166 cm³/mol. The minimum atomic E-state index is -0.750. The summed E-state index contributed by atoms with van der Waals surface area (Å²) in [6.45, 7) is 1.70. The number of rotatable bonds is 7. The fourth-order valence-corrected chi connectivity index (χ4v) is 9.11. The van der Waals surface area contributed by atoms with E-state index in [1.807, 2.05) is 17.5 Å². The first-order chi connectivity index (χ1) is 20.3. The highest BCUT2D eigenvalue weighted by molar-refractivity contribution is 9.10. The second-order valence-corrected chi connectivity index (χ2v) is 13.5. The standard InChI is InChI=1S/C29H22BrN3O6S3/c1-2-39-28(37)15-5-9-17(10-6-15)31-20(34)14-32-27-24(42-29(32)38)21(19-4-3-13-40-19)22-23(41-27)26(36)33(25(22)35)18-11-7-16(30)8-12-18/h3-13,21-23H,2,14H2,1H3,(H,31,34)/t21-,22+,23-/m0/s1. The van der Waals surface area contributed by atoms with Crippen molar-refractivity contribution in [1.82, 2.24) is 4.57 Å². The molecule has 1 saturated heterocycles. The van der Waals surface area contributed by atoms with Crippen LogP contribution >= 0.6 is 50.4 Å². The van der Waals surface area contributed by atoms with Gasteiger partial charge in [-0.2, -0.15) is 0 Å². The quantitative estimate of drug-likeness (QED) is 0.206. The maximum absolute atomic E-state index is 13.8. The molecule has 0 bridgehead atoms. The third-order valence-corrected chi connectivity index (χ3v) is 11.1. The number of esters is 1. The normalized spacial score (nSPS) is 19.4. The summed E-state index contributed by atoms with van der Waals surface area (Å²) < 4.78 is 7.19. The van der Waals surface area contributed by atoms with Crippen LogP contribution in [0.25, 0.3) is 0 Å². The second kappa shape index (κ2) is 11.6. The Kier molecular flexibility index (Phi) is 7.92. The zero-order valence-corrected chi connectivity index (χ0v) is 26.0. The highest BCUT2D eigenvalue weighted by Gasteiger charge is 2.57. The van der Waals surface area contributed by atoms with Gasteiger partial charge in [0, 0.05) is 25.8 Å². The number of amides is 3. The molecular formula is C29H22BrN3O6S3. The number of anilines is 2. The van der Waals surface area contributed by atoms with E-state index < -0.39 is 29.0 Å². The molecule has 3 atom stereocenters. The average molecular weight is 685 g/mol. The first kappa shape index (κ1) is 28.6. The topological polar surface area (TPSA) is 115 Å². The number of thioether (sulfide) groups is 1. The van der Waals surface area contributed by atoms with Crippen molar-refractivity contribution in [3.8, 4) is 0 Å². The maximum Gasteiger partial charge on any atom is 0.338 e. The molecule has 0 unspecified atom stereocenters. The number of halogens is 1. The lowest BCUT2D eigenvalue weighted by molar-refractivity contribution is -0.122. The number of fused-ring (bicyclic) bond motifs is 2. The van der Waals surface area contributed by atoms with Gasteiger partial charge in [0.2, 0.25) is 17.7 Å². The molecule has 0 spiro atoms. The Morgan fingerprint density at radius 2 is 1.74 bits per heavy atom. The molecule has 6 rings (SSSR count). The molecule has 0 radical (unpaired) electrons. The summed E-state index contributed by atoms with van der Waals surface area (Å²) in [4.78, 5) is 68.3.